The summed E-state index contributed by atoms with van der Waals surface area (Å²) < 4.78 is 14.2. The minimum absolute atomic E-state index is 0.356. The SMILES string of the molecule is Cn1cnnc1-c1ccc(F)cn1. The maximum Gasteiger partial charge on any atom is 0.182 e. The molecule has 0 radical (unpaired) electrons. The molecule has 0 atom stereocenters. The number of nitrogens with zero attached hydrogens (tertiary/aromatic N) is 4. The Morgan fingerprint density at radius 1 is 1.38 bits per heavy atom. The Balaban J connectivity index is 2.47. The van der Waals surface area contributed by atoms with E-state index >= 15 is 0 Å². The van der Waals surface area contributed by atoms with Crippen molar-refractivity contribution in [2.24, 2.45) is 7.05 Å². The maximum atomic E-state index is 12.5. The third kappa shape index (κ3) is 1.40. The van der Waals surface area contributed by atoms with Crippen molar-refractivity contribution in [1.82, 2.24) is 19.7 Å². The van der Waals surface area contributed by atoms with Gasteiger partial charge in [-0.1, -0.05) is 0 Å². The Morgan fingerprint density at radius 2 is 2.23 bits per heavy atom. The Hall–Kier alpha value is -1.78. The van der Waals surface area contributed by atoms with Crippen LogP contribution in [0.2, 0.25) is 0 Å². The largest absolute Gasteiger partial charge is 0.315 e. The first-order valence-electron chi connectivity index (χ1n) is 3.73. The fraction of sp³-hybridized carbons (Fsp3) is 0.125. The molecule has 0 unspecified atom stereocenters. The quantitative estimate of drug-likeness (QED) is 0.654. The third-order valence-corrected chi connectivity index (χ3v) is 1.67. The molecule has 0 spiro atoms. The standard InChI is InChI=1S/C8H7FN4/c1-13-5-11-12-8(13)7-3-2-6(9)4-10-7/h2-5H,1H3. The maximum absolute atomic E-state index is 12.5. The zero-order valence-corrected chi connectivity index (χ0v) is 6.98. The second-order valence-electron chi connectivity index (χ2n) is 2.63. The minimum Gasteiger partial charge on any atom is -0.315 e. The summed E-state index contributed by atoms with van der Waals surface area (Å²) in [5.41, 5.74) is 0.612. The monoisotopic (exact) mass is 178 g/mol. The highest BCUT2D eigenvalue weighted by atomic mass is 19.1. The number of halogens is 1. The average molecular weight is 178 g/mol. The summed E-state index contributed by atoms with van der Waals surface area (Å²) in [4.78, 5) is 3.88. The molecule has 2 heterocycles. The van der Waals surface area contributed by atoms with Crippen LogP contribution < -0.4 is 0 Å². The van der Waals surface area contributed by atoms with E-state index in [9.17, 15) is 4.39 Å². The van der Waals surface area contributed by atoms with E-state index in [-0.39, 0.29) is 5.82 Å². The Bertz CT molecular complexity index is 406. The van der Waals surface area contributed by atoms with Crippen molar-refractivity contribution in [1.29, 1.82) is 0 Å². The second-order valence-corrected chi connectivity index (χ2v) is 2.63. The van der Waals surface area contributed by atoms with E-state index in [2.05, 4.69) is 15.2 Å². The van der Waals surface area contributed by atoms with E-state index < -0.39 is 0 Å². The van der Waals surface area contributed by atoms with Crippen molar-refractivity contribution in [3.8, 4) is 11.5 Å². The molecule has 2 rings (SSSR count). The van der Waals surface area contributed by atoms with Gasteiger partial charge in [-0.15, -0.1) is 10.2 Å². The van der Waals surface area contributed by atoms with Gasteiger partial charge in [0.2, 0.25) is 0 Å². The van der Waals surface area contributed by atoms with Crippen LogP contribution in [-0.2, 0) is 7.05 Å². The summed E-state index contributed by atoms with van der Waals surface area (Å²) in [5.74, 6) is 0.269. The van der Waals surface area contributed by atoms with Crippen LogP contribution in [0.1, 0.15) is 0 Å². The lowest BCUT2D eigenvalue weighted by Crippen LogP contribution is -1.93. The molecule has 0 aliphatic heterocycles. The number of hydrogen-bond acceptors (Lipinski definition) is 3. The van der Waals surface area contributed by atoms with Crippen molar-refractivity contribution >= 4 is 0 Å². The van der Waals surface area contributed by atoms with E-state index in [1.54, 1.807) is 24.0 Å². The lowest BCUT2D eigenvalue weighted by Gasteiger charge is -1.97. The normalized spacial score (nSPS) is 10.3. The van der Waals surface area contributed by atoms with Gasteiger partial charge in [-0.3, -0.25) is 0 Å². The highest BCUT2D eigenvalue weighted by molar-refractivity contribution is 5.47. The van der Waals surface area contributed by atoms with Crippen LogP contribution in [0.15, 0.2) is 24.7 Å². The number of hydrogen-bond donors (Lipinski definition) is 0. The number of rotatable bonds is 1. The summed E-state index contributed by atoms with van der Waals surface area (Å²) in [6.45, 7) is 0. The van der Waals surface area contributed by atoms with Crippen molar-refractivity contribution in [2.45, 2.75) is 0 Å². The van der Waals surface area contributed by atoms with Crippen LogP contribution >= 0.6 is 0 Å². The number of aromatic nitrogens is 4. The molecule has 0 fully saturated rings. The fourth-order valence-electron chi connectivity index (χ4n) is 1.02. The van der Waals surface area contributed by atoms with Gasteiger partial charge in [0.15, 0.2) is 5.82 Å². The van der Waals surface area contributed by atoms with Crippen molar-refractivity contribution < 1.29 is 4.39 Å². The Kier molecular flexibility index (Phi) is 1.77. The highest BCUT2D eigenvalue weighted by Gasteiger charge is 2.04. The van der Waals surface area contributed by atoms with Gasteiger partial charge in [-0.05, 0) is 12.1 Å². The molecule has 0 aromatic carbocycles. The third-order valence-electron chi connectivity index (χ3n) is 1.67. The van der Waals surface area contributed by atoms with Crippen molar-refractivity contribution in [3.05, 3.63) is 30.5 Å². The van der Waals surface area contributed by atoms with Crippen LogP contribution in [0.3, 0.4) is 0 Å². The summed E-state index contributed by atoms with van der Waals surface area (Å²) in [6.07, 6.45) is 2.73. The highest BCUT2D eigenvalue weighted by Crippen LogP contribution is 2.11. The Morgan fingerprint density at radius 3 is 2.77 bits per heavy atom. The smallest absolute Gasteiger partial charge is 0.182 e. The molecule has 2 aromatic heterocycles. The van der Waals surface area contributed by atoms with Gasteiger partial charge in [0.1, 0.15) is 17.8 Å². The zero-order chi connectivity index (χ0) is 9.26. The number of pyridine rings is 1. The molecule has 5 heteroatoms. The van der Waals surface area contributed by atoms with E-state index in [0.29, 0.717) is 11.5 Å². The summed E-state index contributed by atoms with van der Waals surface area (Å²) in [5, 5.41) is 7.54. The first-order valence-corrected chi connectivity index (χ1v) is 3.73. The van der Waals surface area contributed by atoms with Crippen LogP contribution in [0.4, 0.5) is 4.39 Å². The molecule has 0 bridgehead atoms. The summed E-state index contributed by atoms with van der Waals surface area (Å²) >= 11 is 0. The lowest BCUT2D eigenvalue weighted by atomic mass is 10.3. The van der Waals surface area contributed by atoms with Gasteiger partial charge in [-0.25, -0.2) is 9.37 Å². The topological polar surface area (TPSA) is 43.6 Å². The van der Waals surface area contributed by atoms with E-state index in [1.165, 1.54) is 6.07 Å². The van der Waals surface area contributed by atoms with Crippen molar-refractivity contribution in [2.75, 3.05) is 0 Å². The molecule has 0 aliphatic carbocycles. The summed E-state index contributed by atoms with van der Waals surface area (Å²) in [6, 6.07) is 2.91. The van der Waals surface area contributed by atoms with E-state index in [1.807, 2.05) is 0 Å². The predicted molar refractivity (Wildman–Crippen MR) is 44.2 cm³/mol. The second kappa shape index (κ2) is 2.93. The molecule has 13 heavy (non-hydrogen) atoms. The average Bonchev–Trinajstić information content (AvgIpc) is 2.53. The number of aryl methyl sites for hydroxylation is 1. The van der Waals surface area contributed by atoms with Gasteiger partial charge in [0.05, 0.1) is 6.20 Å². The molecule has 2 aromatic rings. The molecular formula is C8H7FN4. The van der Waals surface area contributed by atoms with Crippen LogP contribution in [0.5, 0.6) is 0 Å². The molecule has 0 aliphatic rings. The first kappa shape index (κ1) is 7.85. The molecular weight excluding hydrogens is 171 g/mol. The molecule has 0 amide bonds. The van der Waals surface area contributed by atoms with Gasteiger partial charge >= 0.3 is 0 Å². The minimum atomic E-state index is -0.356. The van der Waals surface area contributed by atoms with Crippen molar-refractivity contribution in [3.63, 3.8) is 0 Å². The van der Waals surface area contributed by atoms with Gasteiger partial charge in [0.25, 0.3) is 0 Å². The molecule has 4 nitrogen and oxygen atoms in total. The Labute approximate surface area is 74.1 Å². The van der Waals surface area contributed by atoms with Crippen LogP contribution in [0, 0.1) is 5.82 Å². The van der Waals surface area contributed by atoms with Crippen LogP contribution in [0.25, 0.3) is 11.5 Å². The van der Waals surface area contributed by atoms with Gasteiger partial charge < -0.3 is 4.57 Å². The first-order chi connectivity index (χ1) is 6.27. The predicted octanol–water partition coefficient (Wildman–Crippen LogP) is 1.02. The molecule has 66 valence electrons. The van der Waals surface area contributed by atoms with Gasteiger partial charge in [-0.2, -0.15) is 0 Å². The fourth-order valence-corrected chi connectivity index (χ4v) is 1.02. The molecule has 0 saturated heterocycles. The van der Waals surface area contributed by atoms with Crippen LogP contribution in [-0.4, -0.2) is 19.7 Å². The van der Waals surface area contributed by atoms with E-state index in [4.69, 9.17) is 0 Å². The van der Waals surface area contributed by atoms with E-state index in [0.717, 1.165) is 6.20 Å². The lowest BCUT2D eigenvalue weighted by molar-refractivity contribution is 0.621. The zero-order valence-electron chi connectivity index (χ0n) is 6.98. The molecule has 0 saturated carbocycles. The summed E-state index contributed by atoms with van der Waals surface area (Å²) in [7, 11) is 1.81. The van der Waals surface area contributed by atoms with Gasteiger partial charge in [0, 0.05) is 7.05 Å². The molecule has 0 N–H and O–H groups in total.